The van der Waals surface area contributed by atoms with Gasteiger partial charge in [0.15, 0.2) is 0 Å². The van der Waals surface area contributed by atoms with Crippen molar-refractivity contribution in [3.63, 3.8) is 0 Å². The topological polar surface area (TPSA) is 51.4 Å². The number of aromatic nitrogens is 1. The maximum absolute atomic E-state index is 5.77. The van der Waals surface area contributed by atoms with Crippen LogP contribution in [0.3, 0.4) is 0 Å². The van der Waals surface area contributed by atoms with Crippen LogP contribution in [0.1, 0.15) is 18.4 Å². The summed E-state index contributed by atoms with van der Waals surface area (Å²) in [4.78, 5) is 2.38. The number of nitrogens with zero attached hydrogens (tertiary/aromatic N) is 2. The van der Waals surface area contributed by atoms with Gasteiger partial charge in [-0.15, -0.1) is 0 Å². The summed E-state index contributed by atoms with van der Waals surface area (Å²) in [6.45, 7) is 3.73. The summed E-state index contributed by atoms with van der Waals surface area (Å²) >= 11 is 1.50. The Labute approximate surface area is 94.2 Å². The number of methoxy groups -OCH3 is 1. The molecule has 2 rings (SSSR count). The maximum Gasteiger partial charge on any atom is 0.142 e. The summed E-state index contributed by atoms with van der Waals surface area (Å²) in [6, 6.07) is 0.679. The Hall–Kier alpha value is -0.810. The maximum atomic E-state index is 5.77. The second-order valence-corrected chi connectivity index (χ2v) is 4.67. The van der Waals surface area contributed by atoms with Crippen molar-refractivity contribution in [3.05, 3.63) is 5.56 Å². The van der Waals surface area contributed by atoms with E-state index in [2.05, 4.69) is 9.27 Å². The van der Waals surface area contributed by atoms with Crippen molar-refractivity contribution in [2.24, 2.45) is 0 Å². The Morgan fingerprint density at radius 3 is 2.80 bits per heavy atom. The monoisotopic (exact) mass is 227 g/mol. The molecule has 2 N–H and O–H groups in total. The van der Waals surface area contributed by atoms with Gasteiger partial charge in [-0.3, -0.25) is 0 Å². The molecule has 1 aliphatic rings. The van der Waals surface area contributed by atoms with Crippen LogP contribution in [0.4, 0.5) is 10.8 Å². The normalized spacial score (nSPS) is 15.6. The van der Waals surface area contributed by atoms with E-state index in [0.717, 1.165) is 18.7 Å². The van der Waals surface area contributed by atoms with Gasteiger partial charge in [0.1, 0.15) is 10.8 Å². The molecule has 0 radical (unpaired) electrons. The first kappa shape index (κ1) is 10.7. The van der Waals surface area contributed by atoms with Crippen LogP contribution in [-0.4, -0.2) is 30.7 Å². The lowest BCUT2D eigenvalue weighted by atomic mass is 10.3. The molecule has 1 heterocycles. The van der Waals surface area contributed by atoms with Crippen molar-refractivity contribution in [1.29, 1.82) is 0 Å². The standard InChI is InChI=1S/C10H17N3OS/c1-7-9(11)12-15-10(7)13(5-6-14-2)8-3-4-8/h8H,3-6H2,1-2H3,(H2,11,12). The third-order valence-corrected chi connectivity index (χ3v) is 3.72. The molecule has 0 bridgehead atoms. The Kier molecular flexibility index (Phi) is 3.11. The van der Waals surface area contributed by atoms with E-state index in [-0.39, 0.29) is 0 Å². The van der Waals surface area contributed by atoms with Gasteiger partial charge in [0.25, 0.3) is 0 Å². The molecule has 84 valence electrons. The van der Waals surface area contributed by atoms with Crippen LogP contribution < -0.4 is 10.6 Å². The van der Waals surface area contributed by atoms with Crippen LogP contribution in [0.5, 0.6) is 0 Å². The number of hydrogen-bond acceptors (Lipinski definition) is 5. The van der Waals surface area contributed by atoms with Crippen molar-refractivity contribution in [1.82, 2.24) is 4.37 Å². The average molecular weight is 227 g/mol. The molecule has 0 saturated heterocycles. The van der Waals surface area contributed by atoms with Crippen molar-refractivity contribution in [2.75, 3.05) is 30.9 Å². The minimum Gasteiger partial charge on any atom is -0.383 e. The molecule has 0 aromatic carbocycles. The lowest BCUT2D eigenvalue weighted by Gasteiger charge is -2.22. The molecule has 0 amide bonds. The molecular formula is C10H17N3OS. The van der Waals surface area contributed by atoms with Crippen LogP contribution in [0.2, 0.25) is 0 Å². The fourth-order valence-corrected chi connectivity index (χ4v) is 2.54. The van der Waals surface area contributed by atoms with Crippen molar-refractivity contribution in [2.45, 2.75) is 25.8 Å². The zero-order chi connectivity index (χ0) is 10.8. The predicted octanol–water partition coefficient (Wildman–Crippen LogP) is 1.65. The number of nitrogens with two attached hydrogens (primary N) is 1. The highest BCUT2D eigenvalue weighted by Gasteiger charge is 2.31. The zero-order valence-corrected chi connectivity index (χ0v) is 10.0. The molecule has 1 aromatic heterocycles. The summed E-state index contributed by atoms with van der Waals surface area (Å²) in [5.74, 6) is 0.665. The third kappa shape index (κ3) is 2.23. The fourth-order valence-electron chi connectivity index (χ4n) is 1.63. The highest BCUT2D eigenvalue weighted by Crippen LogP contribution is 2.37. The van der Waals surface area contributed by atoms with E-state index in [1.54, 1.807) is 7.11 Å². The zero-order valence-electron chi connectivity index (χ0n) is 9.19. The molecule has 15 heavy (non-hydrogen) atoms. The predicted molar refractivity (Wildman–Crippen MR) is 63.5 cm³/mol. The Balaban J connectivity index is 2.12. The molecule has 0 unspecified atom stereocenters. The molecule has 0 aliphatic heterocycles. The lowest BCUT2D eigenvalue weighted by Crippen LogP contribution is -2.29. The minimum atomic E-state index is 0.665. The minimum absolute atomic E-state index is 0.665. The second-order valence-electron chi connectivity index (χ2n) is 3.92. The van der Waals surface area contributed by atoms with Crippen LogP contribution in [0, 0.1) is 6.92 Å². The first-order chi connectivity index (χ1) is 7.24. The molecule has 5 heteroatoms. The molecule has 1 saturated carbocycles. The summed E-state index contributed by atoms with van der Waals surface area (Å²) in [5.41, 5.74) is 6.88. The van der Waals surface area contributed by atoms with E-state index in [0.29, 0.717) is 11.9 Å². The van der Waals surface area contributed by atoms with Gasteiger partial charge in [-0.05, 0) is 31.3 Å². The lowest BCUT2D eigenvalue weighted by molar-refractivity contribution is 0.205. The molecule has 0 spiro atoms. The quantitative estimate of drug-likeness (QED) is 0.831. The van der Waals surface area contributed by atoms with E-state index in [4.69, 9.17) is 10.5 Å². The average Bonchev–Trinajstić information content (AvgIpc) is 3.00. The van der Waals surface area contributed by atoms with Crippen LogP contribution in [0.15, 0.2) is 0 Å². The Morgan fingerprint density at radius 1 is 1.60 bits per heavy atom. The first-order valence-electron chi connectivity index (χ1n) is 5.21. The molecule has 1 fully saturated rings. The molecule has 1 aromatic rings. The summed E-state index contributed by atoms with van der Waals surface area (Å²) < 4.78 is 9.32. The smallest absolute Gasteiger partial charge is 0.142 e. The number of hydrogen-bond donors (Lipinski definition) is 1. The van der Waals surface area contributed by atoms with Gasteiger partial charge in [0, 0.05) is 25.3 Å². The van der Waals surface area contributed by atoms with Gasteiger partial charge in [-0.1, -0.05) is 0 Å². The highest BCUT2D eigenvalue weighted by atomic mass is 32.1. The van der Waals surface area contributed by atoms with E-state index in [1.165, 1.54) is 29.4 Å². The Bertz CT molecular complexity index is 335. The van der Waals surface area contributed by atoms with Gasteiger partial charge in [0.2, 0.25) is 0 Å². The molecule has 4 nitrogen and oxygen atoms in total. The summed E-state index contributed by atoms with van der Waals surface area (Å²) in [7, 11) is 1.74. The van der Waals surface area contributed by atoms with E-state index < -0.39 is 0 Å². The SMILES string of the molecule is COCCN(c1snc(N)c1C)C1CC1. The number of nitrogen functional groups attached to an aromatic ring is 1. The van der Waals surface area contributed by atoms with E-state index in [1.807, 2.05) is 6.92 Å². The van der Waals surface area contributed by atoms with Gasteiger partial charge >= 0.3 is 0 Å². The van der Waals surface area contributed by atoms with Crippen molar-refractivity contribution < 1.29 is 4.74 Å². The molecule has 1 aliphatic carbocycles. The van der Waals surface area contributed by atoms with Crippen LogP contribution in [0.25, 0.3) is 0 Å². The van der Waals surface area contributed by atoms with Crippen molar-refractivity contribution in [3.8, 4) is 0 Å². The number of ether oxygens (including phenoxy) is 1. The summed E-state index contributed by atoms with van der Waals surface area (Å²) in [5, 5.41) is 1.21. The van der Waals surface area contributed by atoms with Gasteiger partial charge < -0.3 is 15.4 Å². The molecule has 0 atom stereocenters. The van der Waals surface area contributed by atoms with Gasteiger partial charge in [-0.2, -0.15) is 4.37 Å². The van der Waals surface area contributed by atoms with Gasteiger partial charge in [-0.25, -0.2) is 0 Å². The van der Waals surface area contributed by atoms with Crippen LogP contribution >= 0.6 is 11.5 Å². The largest absolute Gasteiger partial charge is 0.383 e. The summed E-state index contributed by atoms with van der Waals surface area (Å²) in [6.07, 6.45) is 2.56. The Morgan fingerprint density at radius 2 is 2.33 bits per heavy atom. The number of anilines is 2. The van der Waals surface area contributed by atoms with E-state index >= 15 is 0 Å². The number of rotatable bonds is 5. The highest BCUT2D eigenvalue weighted by molar-refractivity contribution is 7.10. The fraction of sp³-hybridized carbons (Fsp3) is 0.700. The van der Waals surface area contributed by atoms with Crippen LogP contribution in [-0.2, 0) is 4.74 Å². The second kappa shape index (κ2) is 4.37. The van der Waals surface area contributed by atoms with Crippen molar-refractivity contribution >= 4 is 22.4 Å². The van der Waals surface area contributed by atoms with E-state index in [9.17, 15) is 0 Å². The first-order valence-corrected chi connectivity index (χ1v) is 5.98. The third-order valence-electron chi connectivity index (χ3n) is 2.72. The molecular weight excluding hydrogens is 210 g/mol. The van der Waals surface area contributed by atoms with Gasteiger partial charge in [0.05, 0.1) is 6.61 Å².